The van der Waals surface area contributed by atoms with Crippen molar-refractivity contribution >= 4 is 0 Å². The molecule has 16 heavy (non-hydrogen) atoms. The van der Waals surface area contributed by atoms with Gasteiger partial charge in [0.2, 0.25) is 0 Å². The Bertz CT molecular complexity index is 337. The highest BCUT2D eigenvalue weighted by molar-refractivity contribution is 5.14. The molecule has 1 saturated heterocycles. The van der Waals surface area contributed by atoms with E-state index in [4.69, 9.17) is 0 Å². The van der Waals surface area contributed by atoms with Crippen LogP contribution in [0.1, 0.15) is 18.9 Å². The van der Waals surface area contributed by atoms with Crippen molar-refractivity contribution in [1.29, 1.82) is 0 Å². The number of nitrogens with zero attached hydrogens (tertiary/aromatic N) is 1. The highest BCUT2D eigenvalue weighted by atomic mass is 16.3. The van der Waals surface area contributed by atoms with E-state index in [2.05, 4.69) is 17.0 Å². The summed E-state index contributed by atoms with van der Waals surface area (Å²) in [6.07, 6.45) is 0.0469. The maximum Gasteiger partial charge on any atom is 0.0771 e. The maximum absolute atomic E-state index is 9.99. The van der Waals surface area contributed by atoms with Crippen molar-refractivity contribution in [3.8, 4) is 0 Å². The number of hydrogen-bond donors (Lipinski definition) is 2. The number of aliphatic hydroxyl groups is 2. The molecule has 2 N–H and O–H groups in total. The van der Waals surface area contributed by atoms with Crippen molar-refractivity contribution < 1.29 is 10.2 Å². The van der Waals surface area contributed by atoms with Gasteiger partial charge in [0.15, 0.2) is 0 Å². The lowest BCUT2D eigenvalue weighted by Crippen LogP contribution is -2.51. The van der Waals surface area contributed by atoms with Crippen molar-refractivity contribution in [1.82, 2.24) is 4.90 Å². The molecule has 1 heterocycles. The molecule has 1 aromatic rings. The molecule has 1 aromatic carbocycles. The molecule has 0 aromatic heterocycles. The zero-order valence-corrected chi connectivity index (χ0v) is 9.63. The number of hydrogen-bond acceptors (Lipinski definition) is 3. The highest BCUT2D eigenvalue weighted by Crippen LogP contribution is 2.22. The van der Waals surface area contributed by atoms with E-state index in [9.17, 15) is 10.2 Å². The second-order valence-corrected chi connectivity index (χ2v) is 5.01. The van der Waals surface area contributed by atoms with Crippen molar-refractivity contribution in [2.24, 2.45) is 0 Å². The normalized spacial score (nSPS) is 31.6. The minimum absolute atomic E-state index is 0.424. The predicted octanol–water partition coefficient (Wildman–Crippen LogP) is 1.00. The Morgan fingerprint density at radius 3 is 2.69 bits per heavy atom. The lowest BCUT2D eigenvalue weighted by molar-refractivity contribution is -0.0709. The summed E-state index contributed by atoms with van der Waals surface area (Å²) in [6, 6.07) is 10.1. The monoisotopic (exact) mass is 221 g/mol. The van der Waals surface area contributed by atoms with Crippen LogP contribution in [0.15, 0.2) is 30.3 Å². The summed E-state index contributed by atoms with van der Waals surface area (Å²) in [6.45, 7) is 3.84. The average Bonchev–Trinajstić information content (AvgIpc) is 2.15. The fourth-order valence-corrected chi connectivity index (χ4v) is 2.44. The summed E-state index contributed by atoms with van der Waals surface area (Å²) in [7, 11) is 0. The third kappa shape index (κ3) is 3.04. The van der Waals surface area contributed by atoms with Crippen LogP contribution in [0.5, 0.6) is 0 Å². The molecule has 3 heteroatoms. The molecule has 2 rings (SSSR count). The molecular weight excluding hydrogens is 202 g/mol. The maximum atomic E-state index is 9.99. The van der Waals surface area contributed by atoms with Crippen LogP contribution >= 0.6 is 0 Å². The third-order valence-corrected chi connectivity index (χ3v) is 2.96. The summed E-state index contributed by atoms with van der Waals surface area (Å²) in [4.78, 5) is 2.10. The Morgan fingerprint density at radius 1 is 1.38 bits per heavy atom. The molecule has 0 unspecified atom stereocenters. The molecule has 0 spiro atoms. The number of rotatable bonds is 2. The first-order chi connectivity index (χ1) is 7.55. The molecule has 1 aliphatic rings. The number of likely N-dealkylation sites (tertiary alicyclic amines) is 1. The Kier molecular flexibility index (Phi) is 3.28. The average molecular weight is 221 g/mol. The van der Waals surface area contributed by atoms with Gasteiger partial charge in [0.05, 0.1) is 11.7 Å². The molecule has 0 radical (unpaired) electrons. The molecule has 0 amide bonds. The fraction of sp³-hybridized carbons (Fsp3) is 0.538. The van der Waals surface area contributed by atoms with Gasteiger partial charge in [-0.2, -0.15) is 0 Å². The number of aliphatic hydroxyl groups excluding tert-OH is 1. The van der Waals surface area contributed by atoms with Gasteiger partial charge in [-0.1, -0.05) is 30.3 Å². The second-order valence-electron chi connectivity index (χ2n) is 5.01. The van der Waals surface area contributed by atoms with Crippen molar-refractivity contribution in [2.45, 2.75) is 31.6 Å². The van der Waals surface area contributed by atoms with Crippen LogP contribution in [-0.2, 0) is 6.54 Å². The van der Waals surface area contributed by atoms with Crippen LogP contribution in [0.4, 0.5) is 0 Å². The first-order valence-electron chi connectivity index (χ1n) is 5.72. The molecule has 0 aliphatic carbocycles. The van der Waals surface area contributed by atoms with E-state index < -0.39 is 11.7 Å². The third-order valence-electron chi connectivity index (χ3n) is 2.96. The van der Waals surface area contributed by atoms with Gasteiger partial charge in [-0.05, 0) is 12.5 Å². The van der Waals surface area contributed by atoms with E-state index in [0.717, 1.165) is 6.54 Å². The Morgan fingerprint density at radius 2 is 2.06 bits per heavy atom. The SMILES string of the molecule is C[C@]1(O)C[C@@H](O)CN(Cc2ccccc2)C1. The van der Waals surface area contributed by atoms with E-state index in [-0.39, 0.29) is 0 Å². The largest absolute Gasteiger partial charge is 0.392 e. The van der Waals surface area contributed by atoms with E-state index in [1.165, 1.54) is 5.56 Å². The van der Waals surface area contributed by atoms with Gasteiger partial charge in [-0.25, -0.2) is 0 Å². The van der Waals surface area contributed by atoms with Crippen LogP contribution in [0, 0.1) is 0 Å². The van der Waals surface area contributed by atoms with E-state index in [0.29, 0.717) is 19.5 Å². The minimum Gasteiger partial charge on any atom is -0.392 e. The van der Waals surface area contributed by atoms with Crippen molar-refractivity contribution in [2.75, 3.05) is 13.1 Å². The molecule has 3 nitrogen and oxygen atoms in total. The fourth-order valence-electron chi connectivity index (χ4n) is 2.44. The van der Waals surface area contributed by atoms with Gasteiger partial charge in [0.1, 0.15) is 0 Å². The first kappa shape index (κ1) is 11.6. The summed E-state index contributed by atoms with van der Waals surface area (Å²) in [5, 5.41) is 19.7. The minimum atomic E-state index is -0.771. The lowest BCUT2D eigenvalue weighted by Gasteiger charge is -2.39. The smallest absolute Gasteiger partial charge is 0.0771 e. The van der Waals surface area contributed by atoms with E-state index in [1.807, 2.05) is 18.2 Å². The summed E-state index contributed by atoms with van der Waals surface area (Å²) in [5.74, 6) is 0. The summed E-state index contributed by atoms with van der Waals surface area (Å²) < 4.78 is 0. The van der Waals surface area contributed by atoms with Gasteiger partial charge < -0.3 is 10.2 Å². The Balaban J connectivity index is 2.00. The van der Waals surface area contributed by atoms with Gasteiger partial charge in [-0.15, -0.1) is 0 Å². The highest BCUT2D eigenvalue weighted by Gasteiger charge is 2.33. The second kappa shape index (κ2) is 4.53. The van der Waals surface area contributed by atoms with Gasteiger partial charge in [-0.3, -0.25) is 4.90 Å². The topological polar surface area (TPSA) is 43.7 Å². The van der Waals surface area contributed by atoms with Crippen molar-refractivity contribution in [3.63, 3.8) is 0 Å². The van der Waals surface area contributed by atoms with Crippen LogP contribution < -0.4 is 0 Å². The molecule has 2 atom stereocenters. The Labute approximate surface area is 96.3 Å². The summed E-state index contributed by atoms with van der Waals surface area (Å²) in [5.41, 5.74) is 0.444. The van der Waals surface area contributed by atoms with Gasteiger partial charge >= 0.3 is 0 Å². The quantitative estimate of drug-likeness (QED) is 0.783. The first-order valence-corrected chi connectivity index (χ1v) is 5.72. The van der Waals surface area contributed by atoms with Crippen LogP contribution in [-0.4, -0.2) is 39.9 Å². The van der Waals surface area contributed by atoms with E-state index in [1.54, 1.807) is 6.92 Å². The molecule has 0 saturated carbocycles. The molecule has 1 aliphatic heterocycles. The summed E-state index contributed by atoms with van der Waals surface area (Å²) >= 11 is 0. The van der Waals surface area contributed by atoms with Crippen LogP contribution in [0.3, 0.4) is 0 Å². The Hall–Kier alpha value is -0.900. The molecular formula is C13H19NO2. The zero-order chi connectivity index (χ0) is 11.6. The van der Waals surface area contributed by atoms with Crippen molar-refractivity contribution in [3.05, 3.63) is 35.9 Å². The van der Waals surface area contributed by atoms with Gasteiger partial charge in [0.25, 0.3) is 0 Å². The van der Waals surface area contributed by atoms with Crippen LogP contribution in [0.25, 0.3) is 0 Å². The zero-order valence-electron chi connectivity index (χ0n) is 9.63. The number of benzene rings is 1. The predicted molar refractivity (Wildman–Crippen MR) is 63.0 cm³/mol. The van der Waals surface area contributed by atoms with Crippen LogP contribution in [0.2, 0.25) is 0 Å². The number of β-amino-alcohol motifs (C(OH)–C–C–N with tert-alkyl or cyclic N) is 2. The van der Waals surface area contributed by atoms with E-state index >= 15 is 0 Å². The molecule has 0 bridgehead atoms. The standard InChI is InChI=1S/C13H19NO2/c1-13(16)7-12(15)9-14(10-13)8-11-5-3-2-4-6-11/h2-6,12,15-16H,7-10H2,1H3/t12-,13+/m1/s1. The molecule has 88 valence electrons. The molecule has 1 fully saturated rings. The van der Waals surface area contributed by atoms with Gasteiger partial charge in [0, 0.05) is 26.1 Å². The number of piperidine rings is 1. The lowest BCUT2D eigenvalue weighted by atomic mass is 9.93.